The van der Waals surface area contributed by atoms with Crippen molar-refractivity contribution in [1.29, 1.82) is 0 Å². The molecule has 0 aliphatic rings. The summed E-state index contributed by atoms with van der Waals surface area (Å²) in [4.78, 5) is 0.00676. The molecule has 0 bridgehead atoms. The van der Waals surface area contributed by atoms with Gasteiger partial charge in [0.05, 0.1) is 9.79 Å². The van der Waals surface area contributed by atoms with E-state index in [0.717, 1.165) is 0 Å². The Kier molecular flexibility index (Phi) is 8.15. The van der Waals surface area contributed by atoms with E-state index >= 15 is 0 Å². The Bertz CT molecular complexity index is 691. The summed E-state index contributed by atoms with van der Waals surface area (Å²) >= 11 is 0. The molecule has 0 spiro atoms. The summed E-state index contributed by atoms with van der Waals surface area (Å²) in [7, 11) is -6.07. The fourth-order valence-corrected chi connectivity index (χ4v) is 4.27. The van der Waals surface area contributed by atoms with Gasteiger partial charge < -0.3 is 5.73 Å². The molecule has 0 heterocycles. The van der Waals surface area contributed by atoms with Gasteiger partial charge in [-0.15, -0.1) is 12.4 Å². The van der Waals surface area contributed by atoms with Gasteiger partial charge in [0.15, 0.2) is 0 Å². The molecular weight excluding hydrogens is 362 g/mol. The van der Waals surface area contributed by atoms with Gasteiger partial charge in [0.25, 0.3) is 0 Å². The molecule has 7 nitrogen and oxygen atoms in total. The predicted octanol–water partition coefficient (Wildman–Crippen LogP) is 0.812. The molecule has 0 amide bonds. The van der Waals surface area contributed by atoms with E-state index in [1.54, 1.807) is 0 Å². The lowest BCUT2D eigenvalue weighted by Crippen LogP contribution is -2.52. The van der Waals surface area contributed by atoms with Crippen molar-refractivity contribution in [1.82, 2.24) is 9.44 Å². The Hall–Kier alpha value is -0.710. The number of nitrogens with one attached hydrogen (secondary N) is 2. The maximum atomic E-state index is 12.4. The van der Waals surface area contributed by atoms with E-state index in [4.69, 9.17) is 5.73 Å². The van der Waals surface area contributed by atoms with Crippen molar-refractivity contribution < 1.29 is 16.8 Å². The van der Waals surface area contributed by atoms with Crippen LogP contribution in [0.2, 0.25) is 0 Å². The standard InChI is InChI=1S/C13H23N3O4S2.ClH/c1-4-13(5-2,10-14)16-22(19,20)12-8-6-11(7-9-12)21(17,18)15-3;/h6-9,15-16H,4-5,10,14H2,1-3H3;1H. The first-order valence-electron chi connectivity index (χ1n) is 6.94. The third-order valence-corrected chi connectivity index (χ3v) is 6.83. The Balaban J connectivity index is 0.00000484. The summed E-state index contributed by atoms with van der Waals surface area (Å²) in [6.45, 7) is 3.91. The van der Waals surface area contributed by atoms with Gasteiger partial charge in [-0.2, -0.15) is 0 Å². The highest BCUT2D eigenvalue weighted by Crippen LogP contribution is 2.20. The van der Waals surface area contributed by atoms with Crippen LogP contribution in [-0.2, 0) is 20.0 Å². The second kappa shape index (κ2) is 8.41. The maximum absolute atomic E-state index is 12.4. The molecule has 0 atom stereocenters. The Labute approximate surface area is 144 Å². The van der Waals surface area contributed by atoms with Gasteiger partial charge in [-0.05, 0) is 44.2 Å². The summed E-state index contributed by atoms with van der Waals surface area (Å²) in [5.74, 6) is 0. The van der Waals surface area contributed by atoms with Gasteiger partial charge in [0, 0.05) is 12.1 Å². The fraction of sp³-hybridized carbons (Fsp3) is 0.538. The largest absolute Gasteiger partial charge is 0.329 e. The summed E-state index contributed by atoms with van der Waals surface area (Å²) in [6.07, 6.45) is 1.12. The second-order valence-corrected chi connectivity index (χ2v) is 8.54. The summed E-state index contributed by atoms with van der Waals surface area (Å²) < 4.78 is 52.9. The zero-order chi connectivity index (χ0) is 17.0. The normalized spacial score (nSPS) is 12.7. The topological polar surface area (TPSA) is 118 Å². The van der Waals surface area contributed by atoms with Crippen LogP contribution in [-0.4, -0.2) is 36.0 Å². The number of hydrogen-bond acceptors (Lipinski definition) is 5. The van der Waals surface area contributed by atoms with Gasteiger partial charge in [-0.25, -0.2) is 26.3 Å². The van der Waals surface area contributed by atoms with E-state index in [2.05, 4.69) is 9.44 Å². The summed E-state index contributed by atoms with van der Waals surface area (Å²) in [5.41, 5.74) is 5.00. The van der Waals surface area contributed by atoms with E-state index in [1.807, 2.05) is 13.8 Å². The minimum absolute atomic E-state index is 0. The van der Waals surface area contributed by atoms with Gasteiger partial charge in [-0.3, -0.25) is 0 Å². The molecule has 1 aromatic carbocycles. The minimum atomic E-state index is -3.77. The molecule has 0 unspecified atom stereocenters. The van der Waals surface area contributed by atoms with Crippen molar-refractivity contribution in [2.24, 2.45) is 5.73 Å². The molecule has 134 valence electrons. The average molecular weight is 386 g/mol. The lowest BCUT2D eigenvalue weighted by Gasteiger charge is -2.31. The third kappa shape index (κ3) is 5.13. The van der Waals surface area contributed by atoms with Crippen LogP contribution in [0.5, 0.6) is 0 Å². The molecule has 10 heteroatoms. The SMILES string of the molecule is CCC(CC)(CN)NS(=O)(=O)c1ccc(S(=O)(=O)NC)cc1.Cl. The van der Waals surface area contributed by atoms with E-state index in [0.29, 0.717) is 12.8 Å². The average Bonchev–Trinajstić information content (AvgIpc) is 2.53. The predicted molar refractivity (Wildman–Crippen MR) is 92.6 cm³/mol. The summed E-state index contributed by atoms with van der Waals surface area (Å²) in [6, 6.07) is 5.03. The smallest absolute Gasteiger partial charge is 0.241 e. The maximum Gasteiger partial charge on any atom is 0.241 e. The van der Waals surface area contributed by atoms with Crippen LogP contribution < -0.4 is 15.2 Å². The first kappa shape index (κ1) is 22.3. The fourth-order valence-electron chi connectivity index (χ4n) is 1.98. The number of halogens is 1. The van der Waals surface area contributed by atoms with Crippen molar-refractivity contribution >= 4 is 32.5 Å². The van der Waals surface area contributed by atoms with Gasteiger partial charge in [0.2, 0.25) is 20.0 Å². The molecule has 0 aliphatic heterocycles. The molecule has 0 radical (unpaired) electrons. The lowest BCUT2D eigenvalue weighted by molar-refractivity contribution is 0.363. The monoisotopic (exact) mass is 385 g/mol. The Morgan fingerprint density at radius 1 is 0.957 bits per heavy atom. The highest BCUT2D eigenvalue weighted by atomic mass is 35.5. The molecule has 0 fully saturated rings. The number of hydrogen-bond donors (Lipinski definition) is 3. The van der Waals surface area contributed by atoms with Gasteiger partial charge in [-0.1, -0.05) is 13.8 Å². The van der Waals surface area contributed by atoms with E-state index in [1.165, 1.54) is 31.3 Å². The molecule has 0 saturated carbocycles. The molecule has 0 saturated heterocycles. The van der Waals surface area contributed by atoms with Crippen molar-refractivity contribution in [3.63, 3.8) is 0 Å². The second-order valence-electron chi connectivity index (χ2n) is 4.98. The van der Waals surface area contributed by atoms with Crippen LogP contribution >= 0.6 is 12.4 Å². The Morgan fingerprint density at radius 3 is 1.65 bits per heavy atom. The van der Waals surface area contributed by atoms with Gasteiger partial charge >= 0.3 is 0 Å². The van der Waals surface area contributed by atoms with Crippen LogP contribution in [0.1, 0.15) is 26.7 Å². The number of rotatable bonds is 8. The zero-order valence-electron chi connectivity index (χ0n) is 13.4. The molecule has 23 heavy (non-hydrogen) atoms. The highest BCUT2D eigenvalue weighted by molar-refractivity contribution is 7.90. The van der Waals surface area contributed by atoms with Crippen molar-refractivity contribution in [2.45, 2.75) is 42.0 Å². The van der Waals surface area contributed by atoms with Crippen LogP contribution in [0.25, 0.3) is 0 Å². The summed E-state index contributed by atoms with van der Waals surface area (Å²) in [5, 5.41) is 0. The molecule has 1 rings (SSSR count). The molecule has 1 aromatic rings. The van der Waals surface area contributed by atoms with Crippen LogP contribution in [0, 0.1) is 0 Å². The molecule has 4 N–H and O–H groups in total. The van der Waals surface area contributed by atoms with E-state index < -0.39 is 25.6 Å². The van der Waals surface area contributed by atoms with Gasteiger partial charge in [0.1, 0.15) is 0 Å². The van der Waals surface area contributed by atoms with Crippen LogP contribution in [0.15, 0.2) is 34.1 Å². The first-order chi connectivity index (χ1) is 10.2. The third-order valence-electron chi connectivity index (χ3n) is 3.81. The minimum Gasteiger partial charge on any atom is -0.329 e. The van der Waals surface area contributed by atoms with Crippen molar-refractivity contribution in [3.05, 3.63) is 24.3 Å². The zero-order valence-corrected chi connectivity index (χ0v) is 15.8. The highest BCUT2D eigenvalue weighted by Gasteiger charge is 2.30. The number of sulfonamides is 2. The molecule has 0 aromatic heterocycles. The number of benzene rings is 1. The van der Waals surface area contributed by atoms with Crippen LogP contribution in [0.4, 0.5) is 0 Å². The number of nitrogens with two attached hydrogens (primary N) is 1. The first-order valence-corrected chi connectivity index (χ1v) is 9.90. The molecular formula is C13H24ClN3O4S2. The Morgan fingerprint density at radius 2 is 1.35 bits per heavy atom. The van der Waals surface area contributed by atoms with Crippen LogP contribution in [0.3, 0.4) is 0 Å². The lowest BCUT2D eigenvalue weighted by atomic mass is 9.95. The van der Waals surface area contributed by atoms with E-state index in [-0.39, 0.29) is 28.7 Å². The molecule has 0 aliphatic carbocycles. The van der Waals surface area contributed by atoms with E-state index in [9.17, 15) is 16.8 Å². The van der Waals surface area contributed by atoms with Crippen molar-refractivity contribution in [2.75, 3.05) is 13.6 Å². The van der Waals surface area contributed by atoms with Crippen molar-refractivity contribution in [3.8, 4) is 0 Å². The quantitative estimate of drug-likeness (QED) is 0.612.